The third-order valence-corrected chi connectivity index (χ3v) is 11.5. The summed E-state index contributed by atoms with van der Waals surface area (Å²) in [6.45, 7) is 16.3. The highest BCUT2D eigenvalue weighted by Gasteiger charge is 2.49. The molecule has 0 aromatic rings. The molecule has 286 valence electrons. The van der Waals surface area contributed by atoms with E-state index in [1.807, 2.05) is 60.5 Å². The van der Waals surface area contributed by atoms with Crippen molar-refractivity contribution in [3.05, 3.63) is 0 Å². The van der Waals surface area contributed by atoms with Crippen LogP contribution in [0.15, 0.2) is 0 Å². The zero-order valence-electron chi connectivity index (χ0n) is 31.3. The van der Waals surface area contributed by atoms with Crippen molar-refractivity contribution in [1.82, 2.24) is 4.90 Å². The third kappa shape index (κ3) is 9.79. The van der Waals surface area contributed by atoms with Gasteiger partial charge in [0.15, 0.2) is 12.6 Å². The Morgan fingerprint density at radius 1 is 0.714 bits per heavy atom. The molecule has 0 aromatic heterocycles. The van der Waals surface area contributed by atoms with Crippen LogP contribution in [0, 0.1) is 41.4 Å². The lowest BCUT2D eigenvalue weighted by Gasteiger charge is -2.46. The molecule has 3 saturated heterocycles. The van der Waals surface area contributed by atoms with Gasteiger partial charge in [-0.25, -0.2) is 0 Å². The average Bonchev–Trinajstić information content (AvgIpc) is 3.06. The standard InChI is InChI=1S/C36H65NO12/c1-12-24-15-45-34(44)22(8)33(49-36-31(43)30(42)28(40)23(9)47-36)21(7)32(48-35-29(41)25(37(10)11)14-18(4)46-35)17(3)13-16(2)26(38)20(6)27(39)19(24)5/h16-25,27-33,35-36,39-43H,12-15H2,1-11H3/t16-,17-,18+,19+,20-,21+,22+,23-,24?,25-,27-,28-,29+,30+,31+,32-,33?,35-,36-/m0/s1. The number of nitrogens with zero attached hydrogens (tertiary/aromatic N) is 1. The third-order valence-electron chi connectivity index (χ3n) is 11.5. The summed E-state index contributed by atoms with van der Waals surface area (Å²) in [7, 11) is 3.76. The van der Waals surface area contributed by atoms with Crippen LogP contribution in [0.4, 0.5) is 0 Å². The number of aliphatic hydroxyl groups excluding tert-OH is 5. The molecule has 3 aliphatic heterocycles. The van der Waals surface area contributed by atoms with Crippen LogP contribution in [0.25, 0.3) is 0 Å². The quantitative estimate of drug-likeness (QED) is 0.252. The van der Waals surface area contributed by atoms with Gasteiger partial charge in [0.1, 0.15) is 30.2 Å². The van der Waals surface area contributed by atoms with Gasteiger partial charge in [0.25, 0.3) is 0 Å². The monoisotopic (exact) mass is 703 g/mol. The first kappa shape index (κ1) is 42.2. The fraction of sp³-hybridized carbons (Fsp3) is 0.944. The SMILES string of the molecule is CCC1COC(=O)[C@H](C)C(O[C@@H]2O[C@@H](C)[C@H](O)[C@@H](O)[C@H]2O)[C@H](C)[C@@H](O[C@@H]2O[C@H](C)C[C@H](N(C)C)[C@H]2O)[C@@H](C)C[C@H](C)C(=O)[C@H](C)[C@@H](O)[C@@H]1C. The summed E-state index contributed by atoms with van der Waals surface area (Å²) in [5.74, 6) is -4.26. The van der Waals surface area contributed by atoms with Gasteiger partial charge in [0, 0.05) is 23.8 Å². The minimum Gasteiger partial charge on any atom is -0.465 e. The number of cyclic esters (lactones) is 1. The second kappa shape index (κ2) is 18.0. The Balaban J connectivity index is 2.09. The highest BCUT2D eigenvalue weighted by atomic mass is 16.7. The Hall–Kier alpha value is -1.26. The van der Waals surface area contributed by atoms with Crippen molar-refractivity contribution in [3.63, 3.8) is 0 Å². The van der Waals surface area contributed by atoms with E-state index in [1.54, 1.807) is 20.8 Å². The van der Waals surface area contributed by atoms with E-state index in [2.05, 4.69) is 0 Å². The molecule has 0 amide bonds. The van der Waals surface area contributed by atoms with E-state index in [0.29, 0.717) is 19.3 Å². The van der Waals surface area contributed by atoms with Crippen LogP contribution in [0.5, 0.6) is 0 Å². The van der Waals surface area contributed by atoms with Gasteiger partial charge in [-0.15, -0.1) is 0 Å². The Labute approximate surface area is 292 Å². The molecule has 13 nitrogen and oxygen atoms in total. The van der Waals surface area contributed by atoms with E-state index in [9.17, 15) is 35.1 Å². The molecule has 3 rings (SSSR count). The number of carbonyl (C=O) groups is 2. The highest BCUT2D eigenvalue weighted by Crippen LogP contribution is 2.37. The lowest BCUT2D eigenvalue weighted by atomic mass is 9.76. The lowest BCUT2D eigenvalue weighted by Crippen LogP contribution is -2.59. The number of carbonyl (C=O) groups excluding carboxylic acids is 2. The zero-order valence-corrected chi connectivity index (χ0v) is 31.3. The second-order valence-corrected chi connectivity index (χ2v) is 15.6. The maximum Gasteiger partial charge on any atom is 0.311 e. The highest BCUT2D eigenvalue weighted by molar-refractivity contribution is 5.83. The zero-order chi connectivity index (χ0) is 37.1. The molecule has 0 aliphatic carbocycles. The normalized spacial score (nSPS) is 48.5. The van der Waals surface area contributed by atoms with Crippen LogP contribution in [-0.2, 0) is 33.3 Å². The topological polar surface area (TPSA) is 185 Å². The first-order chi connectivity index (χ1) is 22.8. The van der Waals surface area contributed by atoms with Crippen LogP contribution in [0.1, 0.15) is 81.6 Å². The molecule has 3 aliphatic rings. The number of hydrogen-bond acceptors (Lipinski definition) is 13. The minimum atomic E-state index is -1.62. The Morgan fingerprint density at radius 3 is 1.90 bits per heavy atom. The number of hydrogen-bond donors (Lipinski definition) is 5. The first-order valence-corrected chi connectivity index (χ1v) is 18.2. The van der Waals surface area contributed by atoms with Crippen molar-refractivity contribution in [2.45, 2.75) is 155 Å². The molecule has 5 N–H and O–H groups in total. The molecule has 2 unspecified atom stereocenters. The van der Waals surface area contributed by atoms with Gasteiger partial charge in [-0.05, 0) is 71.9 Å². The van der Waals surface area contributed by atoms with Crippen LogP contribution in [-0.4, -0.2) is 136 Å². The molecule has 0 bridgehead atoms. The maximum absolute atomic E-state index is 13.8. The number of aliphatic hydroxyl groups is 5. The van der Waals surface area contributed by atoms with Crippen molar-refractivity contribution in [3.8, 4) is 0 Å². The van der Waals surface area contributed by atoms with Crippen molar-refractivity contribution in [2.75, 3.05) is 20.7 Å². The molecule has 0 spiro atoms. The van der Waals surface area contributed by atoms with Gasteiger partial charge in [0.05, 0.1) is 43.0 Å². The summed E-state index contributed by atoms with van der Waals surface area (Å²) < 4.78 is 30.9. The van der Waals surface area contributed by atoms with Gasteiger partial charge in [0.2, 0.25) is 0 Å². The number of rotatable bonds is 6. The molecule has 0 radical (unpaired) electrons. The number of Topliss-reactive ketones (excluding diaryl/α,β-unsaturated/α-hetero) is 1. The second-order valence-electron chi connectivity index (χ2n) is 15.6. The molecular weight excluding hydrogens is 638 g/mol. The molecule has 3 heterocycles. The Kier molecular flexibility index (Phi) is 15.5. The predicted molar refractivity (Wildman–Crippen MR) is 180 cm³/mol. The molecule has 0 aromatic carbocycles. The molecule has 49 heavy (non-hydrogen) atoms. The number of esters is 1. The Bertz CT molecular complexity index is 1060. The van der Waals surface area contributed by atoms with Gasteiger partial charge in [-0.1, -0.05) is 41.5 Å². The van der Waals surface area contributed by atoms with Gasteiger partial charge < -0.3 is 54.1 Å². The van der Waals surface area contributed by atoms with E-state index in [-0.39, 0.29) is 42.3 Å². The van der Waals surface area contributed by atoms with Crippen LogP contribution in [0.3, 0.4) is 0 Å². The maximum atomic E-state index is 13.8. The van der Waals surface area contributed by atoms with Gasteiger partial charge >= 0.3 is 5.97 Å². The minimum absolute atomic E-state index is 0.0161. The predicted octanol–water partition coefficient (Wildman–Crippen LogP) is 1.73. The smallest absolute Gasteiger partial charge is 0.311 e. The lowest BCUT2D eigenvalue weighted by molar-refractivity contribution is -0.321. The van der Waals surface area contributed by atoms with E-state index < -0.39 is 91.1 Å². The average molecular weight is 704 g/mol. The van der Waals surface area contributed by atoms with Crippen molar-refractivity contribution < 1.29 is 58.8 Å². The molecular formula is C36H65NO12. The molecule has 19 atom stereocenters. The summed E-state index contributed by atoms with van der Waals surface area (Å²) in [4.78, 5) is 29.5. The van der Waals surface area contributed by atoms with E-state index in [1.165, 1.54) is 0 Å². The van der Waals surface area contributed by atoms with Crippen molar-refractivity contribution in [2.24, 2.45) is 41.4 Å². The summed E-state index contributed by atoms with van der Waals surface area (Å²) in [6.07, 6.45) is -10.2. The first-order valence-electron chi connectivity index (χ1n) is 18.2. The summed E-state index contributed by atoms with van der Waals surface area (Å²) in [6, 6.07) is -0.251. The van der Waals surface area contributed by atoms with Gasteiger partial charge in [-0.2, -0.15) is 0 Å². The van der Waals surface area contributed by atoms with Crippen molar-refractivity contribution >= 4 is 11.8 Å². The van der Waals surface area contributed by atoms with Crippen LogP contribution < -0.4 is 0 Å². The largest absolute Gasteiger partial charge is 0.465 e. The summed E-state index contributed by atoms with van der Waals surface area (Å²) in [5, 5.41) is 54.5. The fourth-order valence-electron chi connectivity index (χ4n) is 8.01. The van der Waals surface area contributed by atoms with E-state index >= 15 is 0 Å². The molecule has 13 heteroatoms. The molecule has 0 saturated carbocycles. The summed E-state index contributed by atoms with van der Waals surface area (Å²) in [5.41, 5.74) is 0. The van der Waals surface area contributed by atoms with Crippen molar-refractivity contribution in [1.29, 1.82) is 0 Å². The number of ketones is 1. The van der Waals surface area contributed by atoms with E-state index in [0.717, 1.165) is 0 Å². The van der Waals surface area contributed by atoms with Crippen LogP contribution >= 0.6 is 0 Å². The van der Waals surface area contributed by atoms with Gasteiger partial charge in [-0.3, -0.25) is 9.59 Å². The van der Waals surface area contributed by atoms with E-state index in [4.69, 9.17) is 23.7 Å². The number of likely N-dealkylation sites (N-methyl/N-ethyl adjacent to an activating group) is 1. The number of ether oxygens (including phenoxy) is 5. The Morgan fingerprint density at radius 2 is 1.31 bits per heavy atom. The van der Waals surface area contributed by atoms with Crippen LogP contribution in [0.2, 0.25) is 0 Å². The summed E-state index contributed by atoms with van der Waals surface area (Å²) >= 11 is 0. The fourth-order valence-corrected chi connectivity index (χ4v) is 8.01. The molecule has 3 fully saturated rings.